The fraction of sp³-hybridized carbons (Fsp3) is 0.784. The molecule has 1 aliphatic rings. The third kappa shape index (κ3) is 24.1. The van der Waals surface area contributed by atoms with Crippen LogP contribution in [0, 0.1) is 6.92 Å². The molecule has 1 aromatic heterocycles. The van der Waals surface area contributed by atoms with E-state index in [0.29, 0.717) is 19.4 Å². The maximum absolute atomic E-state index is 12.3. The van der Waals surface area contributed by atoms with E-state index in [0.717, 1.165) is 107 Å². The number of esters is 1. The van der Waals surface area contributed by atoms with Crippen molar-refractivity contribution in [1.82, 2.24) is 15.5 Å². The molecular weight excluding hydrogens is 598 g/mol. The van der Waals surface area contributed by atoms with Crippen molar-refractivity contribution in [2.45, 2.75) is 150 Å². The van der Waals surface area contributed by atoms with Crippen molar-refractivity contribution < 1.29 is 23.9 Å². The van der Waals surface area contributed by atoms with E-state index in [9.17, 15) is 19.2 Å². The van der Waals surface area contributed by atoms with Crippen LogP contribution in [-0.2, 0) is 32.1 Å². The molecule has 1 amide bonds. The second-order valence-electron chi connectivity index (χ2n) is 11.9. The molecular formula is C37H69N3O5S. The third-order valence-corrected chi connectivity index (χ3v) is 8.81. The van der Waals surface area contributed by atoms with Gasteiger partial charge in [-0.25, -0.2) is 0 Å². The summed E-state index contributed by atoms with van der Waals surface area (Å²) in [6, 6.07) is 0. The molecule has 0 unspecified atom stereocenters. The number of ether oxygens (including phenoxy) is 1. The van der Waals surface area contributed by atoms with Gasteiger partial charge >= 0.3 is 5.97 Å². The highest BCUT2D eigenvalue weighted by molar-refractivity contribution is 7.12. The first-order valence-corrected chi connectivity index (χ1v) is 18.4. The number of amides is 1. The molecule has 2 rings (SSSR count). The Morgan fingerprint density at radius 1 is 0.848 bits per heavy atom. The SMILES string of the molecule is C.CCCCCC=O.CCCCCCCCOC(=O)CCCCCCC=O.CNCCCNC(=O)c1c(C)sc2c1CCN(C)C2. The van der Waals surface area contributed by atoms with Gasteiger partial charge in [0.15, 0.2) is 0 Å². The average molecular weight is 668 g/mol. The average Bonchev–Trinajstić information content (AvgIpc) is 3.36. The smallest absolute Gasteiger partial charge is 0.305 e. The van der Waals surface area contributed by atoms with E-state index in [1.54, 1.807) is 11.3 Å². The lowest BCUT2D eigenvalue weighted by atomic mass is 10.0. The molecule has 8 nitrogen and oxygen atoms in total. The van der Waals surface area contributed by atoms with Gasteiger partial charge in [-0.05, 0) is 71.7 Å². The number of nitrogens with zero attached hydrogens (tertiary/aromatic N) is 1. The van der Waals surface area contributed by atoms with Gasteiger partial charge in [-0.3, -0.25) is 9.59 Å². The Kier molecular flexibility index (Phi) is 32.8. The first-order valence-electron chi connectivity index (χ1n) is 17.6. The summed E-state index contributed by atoms with van der Waals surface area (Å²) >= 11 is 1.78. The van der Waals surface area contributed by atoms with Crippen molar-refractivity contribution >= 4 is 35.8 Å². The second kappa shape index (κ2) is 32.8. The molecule has 0 saturated carbocycles. The number of nitrogens with one attached hydrogen (secondary N) is 2. The van der Waals surface area contributed by atoms with Crippen LogP contribution in [0.4, 0.5) is 0 Å². The van der Waals surface area contributed by atoms with Gasteiger partial charge in [0.25, 0.3) is 5.91 Å². The minimum atomic E-state index is -0.0658. The normalized spacial score (nSPS) is 11.9. The van der Waals surface area contributed by atoms with E-state index in [1.165, 1.54) is 55.4 Å². The molecule has 0 spiro atoms. The third-order valence-electron chi connectivity index (χ3n) is 7.68. The van der Waals surface area contributed by atoms with Gasteiger partial charge in [-0.2, -0.15) is 0 Å². The monoisotopic (exact) mass is 667 g/mol. The summed E-state index contributed by atoms with van der Waals surface area (Å²) in [6.07, 6.45) is 20.4. The molecule has 0 saturated heterocycles. The molecule has 0 aromatic carbocycles. The van der Waals surface area contributed by atoms with Crippen LogP contribution < -0.4 is 10.6 Å². The predicted molar refractivity (Wildman–Crippen MR) is 195 cm³/mol. The Morgan fingerprint density at radius 3 is 2.09 bits per heavy atom. The largest absolute Gasteiger partial charge is 0.466 e. The van der Waals surface area contributed by atoms with Gasteiger partial charge in [-0.15, -0.1) is 11.3 Å². The Morgan fingerprint density at radius 2 is 1.43 bits per heavy atom. The van der Waals surface area contributed by atoms with Crippen molar-refractivity contribution in [2.24, 2.45) is 0 Å². The van der Waals surface area contributed by atoms with E-state index < -0.39 is 0 Å². The number of aryl methyl sites for hydroxylation is 1. The second-order valence-corrected chi connectivity index (χ2v) is 13.2. The molecule has 0 radical (unpaired) electrons. The van der Waals surface area contributed by atoms with Crippen molar-refractivity contribution in [3.05, 3.63) is 20.9 Å². The lowest BCUT2D eigenvalue weighted by molar-refractivity contribution is -0.143. The quantitative estimate of drug-likeness (QED) is 0.0688. The fourth-order valence-electron chi connectivity index (χ4n) is 4.99. The summed E-state index contributed by atoms with van der Waals surface area (Å²) in [5.41, 5.74) is 2.23. The van der Waals surface area contributed by atoms with Crippen LogP contribution in [0.15, 0.2) is 0 Å². The maximum Gasteiger partial charge on any atom is 0.305 e. The van der Waals surface area contributed by atoms with E-state index in [2.05, 4.69) is 43.4 Å². The molecule has 0 bridgehead atoms. The number of thiophene rings is 1. The number of carbonyl (C=O) groups is 4. The van der Waals surface area contributed by atoms with Gasteiger partial charge in [0.1, 0.15) is 12.6 Å². The number of carbonyl (C=O) groups excluding carboxylic acids is 4. The van der Waals surface area contributed by atoms with Crippen LogP contribution in [-0.4, -0.2) is 69.7 Å². The molecule has 46 heavy (non-hydrogen) atoms. The van der Waals surface area contributed by atoms with Crippen LogP contribution in [0.2, 0.25) is 0 Å². The zero-order valence-corrected chi connectivity index (χ0v) is 30.1. The Balaban J connectivity index is 0. The van der Waals surface area contributed by atoms with Crippen molar-refractivity contribution in [3.63, 3.8) is 0 Å². The highest BCUT2D eigenvalue weighted by Gasteiger charge is 2.24. The minimum Gasteiger partial charge on any atom is -0.466 e. The lowest BCUT2D eigenvalue weighted by Gasteiger charge is -2.22. The summed E-state index contributed by atoms with van der Waals surface area (Å²) in [4.78, 5) is 48.3. The minimum absolute atomic E-state index is 0. The van der Waals surface area contributed by atoms with Gasteiger partial charge in [0, 0.05) is 48.7 Å². The lowest BCUT2D eigenvalue weighted by Crippen LogP contribution is -2.30. The van der Waals surface area contributed by atoms with Crippen molar-refractivity contribution in [1.29, 1.82) is 0 Å². The molecule has 9 heteroatoms. The van der Waals surface area contributed by atoms with E-state index in [1.807, 2.05) is 7.05 Å². The summed E-state index contributed by atoms with van der Waals surface area (Å²) in [5.74, 6) is 0.0413. The van der Waals surface area contributed by atoms with Gasteiger partial charge < -0.3 is 29.9 Å². The molecule has 1 aliphatic heterocycles. The van der Waals surface area contributed by atoms with Crippen LogP contribution in [0.25, 0.3) is 0 Å². The highest BCUT2D eigenvalue weighted by atomic mass is 32.1. The first-order chi connectivity index (χ1) is 21.9. The predicted octanol–water partition coefficient (Wildman–Crippen LogP) is 8.22. The molecule has 1 aromatic rings. The highest BCUT2D eigenvalue weighted by Crippen LogP contribution is 2.32. The van der Waals surface area contributed by atoms with Crippen molar-refractivity contribution in [2.75, 3.05) is 40.3 Å². The molecule has 0 fully saturated rings. The standard InChI is InChI=1S/C16H30O3.C14H23N3OS.C6H12O.CH4/c1-2-3-4-5-9-12-15-19-16(18)13-10-7-6-8-11-14-17;1-10-13(14(18)16-7-4-6-15-2)11-5-8-17(3)9-12(11)19-10;1-2-3-4-5-6-7;/h14H,2-13,15H2,1H3;15H,4-9H2,1-3H3,(H,16,18);6H,2-5H2,1H3;1H4. The van der Waals surface area contributed by atoms with Crippen molar-refractivity contribution in [3.8, 4) is 0 Å². The summed E-state index contributed by atoms with van der Waals surface area (Å²) in [6.45, 7) is 10.7. The molecule has 2 heterocycles. The number of fused-ring (bicyclic) bond motifs is 1. The summed E-state index contributed by atoms with van der Waals surface area (Å²) in [7, 11) is 4.06. The summed E-state index contributed by atoms with van der Waals surface area (Å²) in [5, 5.41) is 6.12. The Bertz CT molecular complexity index is 906. The van der Waals surface area contributed by atoms with Crippen LogP contribution in [0.1, 0.15) is 156 Å². The fourth-order valence-corrected chi connectivity index (χ4v) is 6.29. The molecule has 0 atom stereocenters. The van der Waals surface area contributed by atoms with Gasteiger partial charge in [0.05, 0.1) is 12.2 Å². The number of hydrogen-bond donors (Lipinski definition) is 2. The number of aldehydes is 2. The van der Waals surface area contributed by atoms with Gasteiger partial charge in [-0.1, -0.05) is 79.1 Å². The Hall–Kier alpha value is -2.10. The van der Waals surface area contributed by atoms with Crippen LogP contribution in [0.3, 0.4) is 0 Å². The zero-order chi connectivity index (χ0) is 33.5. The van der Waals surface area contributed by atoms with E-state index in [-0.39, 0.29) is 19.3 Å². The molecule has 0 aliphatic carbocycles. The zero-order valence-electron chi connectivity index (χ0n) is 29.3. The number of hydrogen-bond acceptors (Lipinski definition) is 8. The first kappa shape index (κ1) is 46.0. The van der Waals surface area contributed by atoms with E-state index in [4.69, 9.17) is 4.74 Å². The van der Waals surface area contributed by atoms with Crippen LogP contribution >= 0.6 is 11.3 Å². The Labute approximate surface area is 286 Å². The molecule has 268 valence electrons. The maximum atomic E-state index is 12.3. The molecule has 2 N–H and O–H groups in total. The number of unbranched alkanes of at least 4 members (excludes halogenated alkanes) is 12. The van der Waals surface area contributed by atoms with Gasteiger partial charge in [0.2, 0.25) is 0 Å². The van der Waals surface area contributed by atoms with E-state index >= 15 is 0 Å². The number of rotatable bonds is 23. The number of likely N-dealkylation sites (N-methyl/N-ethyl adjacent to an activating group) is 1. The topological polar surface area (TPSA) is 105 Å². The summed E-state index contributed by atoms with van der Waals surface area (Å²) < 4.78 is 5.18. The van der Waals surface area contributed by atoms with Crippen LogP contribution in [0.5, 0.6) is 0 Å².